The van der Waals surface area contributed by atoms with Gasteiger partial charge in [0.25, 0.3) is 0 Å². The van der Waals surface area contributed by atoms with Gasteiger partial charge in [0.2, 0.25) is 0 Å². The summed E-state index contributed by atoms with van der Waals surface area (Å²) < 4.78 is 5.35. The number of hydrogen-bond acceptors (Lipinski definition) is 3. The molecule has 4 heteroatoms. The monoisotopic (exact) mass is 254 g/mol. The largest absolute Gasteiger partial charge is 0.444 e. The summed E-state index contributed by atoms with van der Waals surface area (Å²) in [5.41, 5.74) is -0.409. The molecule has 1 saturated heterocycles. The van der Waals surface area contributed by atoms with Crippen LogP contribution in [0.2, 0.25) is 0 Å². The maximum absolute atomic E-state index is 11.8. The Kier molecular flexibility index (Phi) is 3.85. The van der Waals surface area contributed by atoms with Crippen LogP contribution < -0.4 is 5.32 Å². The fourth-order valence-electron chi connectivity index (χ4n) is 3.26. The van der Waals surface area contributed by atoms with Crippen LogP contribution in [0.4, 0.5) is 4.79 Å². The van der Waals surface area contributed by atoms with Crippen LogP contribution in [0.5, 0.6) is 0 Å². The van der Waals surface area contributed by atoms with Crippen LogP contribution >= 0.6 is 0 Å². The van der Waals surface area contributed by atoms with Gasteiger partial charge in [-0.3, -0.25) is 0 Å². The fourth-order valence-corrected chi connectivity index (χ4v) is 3.26. The van der Waals surface area contributed by atoms with Gasteiger partial charge < -0.3 is 15.0 Å². The third kappa shape index (κ3) is 3.16. The summed E-state index contributed by atoms with van der Waals surface area (Å²) in [6.07, 6.45) is 2.22. The molecule has 0 aromatic heterocycles. The molecule has 2 atom stereocenters. The minimum atomic E-state index is -0.409. The molecule has 1 aliphatic heterocycles. The van der Waals surface area contributed by atoms with Gasteiger partial charge >= 0.3 is 6.09 Å². The van der Waals surface area contributed by atoms with Crippen molar-refractivity contribution in [2.24, 2.45) is 11.8 Å². The first-order chi connectivity index (χ1) is 8.39. The van der Waals surface area contributed by atoms with Crippen LogP contribution in [0.15, 0.2) is 0 Å². The summed E-state index contributed by atoms with van der Waals surface area (Å²) in [5.74, 6) is 1.22. The lowest BCUT2D eigenvalue weighted by Gasteiger charge is -2.38. The number of likely N-dealkylation sites (tertiary alicyclic amines) is 1. The molecule has 4 nitrogen and oxygen atoms in total. The quantitative estimate of drug-likeness (QED) is 0.821. The predicted octanol–water partition coefficient (Wildman–Crippen LogP) is 2.24. The van der Waals surface area contributed by atoms with E-state index in [0.29, 0.717) is 17.9 Å². The lowest BCUT2D eigenvalue weighted by atomic mass is 9.92. The molecule has 0 aromatic carbocycles. The van der Waals surface area contributed by atoms with E-state index in [-0.39, 0.29) is 6.09 Å². The Morgan fingerprint density at radius 2 is 1.83 bits per heavy atom. The van der Waals surface area contributed by atoms with Crippen LogP contribution in [-0.2, 0) is 4.74 Å². The van der Waals surface area contributed by atoms with E-state index in [2.05, 4.69) is 17.1 Å². The van der Waals surface area contributed by atoms with Crippen LogP contribution in [0, 0.1) is 11.8 Å². The van der Waals surface area contributed by atoms with Crippen LogP contribution in [-0.4, -0.2) is 42.3 Å². The van der Waals surface area contributed by atoms with Crippen LogP contribution in [0.1, 0.15) is 40.5 Å². The highest BCUT2D eigenvalue weighted by molar-refractivity contribution is 5.68. The summed E-state index contributed by atoms with van der Waals surface area (Å²) in [5, 5.41) is 3.09. The smallest absolute Gasteiger partial charge is 0.407 e. The van der Waals surface area contributed by atoms with E-state index in [1.54, 1.807) is 0 Å². The molecule has 18 heavy (non-hydrogen) atoms. The van der Waals surface area contributed by atoms with E-state index in [1.165, 1.54) is 12.8 Å². The molecule has 1 heterocycles. The van der Waals surface area contributed by atoms with Crippen LogP contribution in [0.3, 0.4) is 0 Å². The van der Waals surface area contributed by atoms with Crippen molar-refractivity contribution in [2.45, 2.75) is 52.2 Å². The molecule has 104 valence electrons. The predicted molar refractivity (Wildman–Crippen MR) is 71.5 cm³/mol. The average molecular weight is 254 g/mol. The zero-order valence-electron chi connectivity index (χ0n) is 12.0. The van der Waals surface area contributed by atoms with Crippen molar-refractivity contribution in [1.82, 2.24) is 10.2 Å². The van der Waals surface area contributed by atoms with Gasteiger partial charge in [0.1, 0.15) is 5.60 Å². The minimum Gasteiger partial charge on any atom is -0.444 e. The van der Waals surface area contributed by atoms with E-state index in [0.717, 1.165) is 19.6 Å². The third-order valence-corrected chi connectivity index (χ3v) is 4.04. The zero-order valence-corrected chi connectivity index (χ0v) is 12.0. The molecule has 1 amide bonds. The second-order valence-corrected chi connectivity index (χ2v) is 6.62. The lowest BCUT2D eigenvalue weighted by molar-refractivity contribution is 0.0425. The summed E-state index contributed by atoms with van der Waals surface area (Å²) >= 11 is 0. The Morgan fingerprint density at radius 3 is 2.28 bits per heavy atom. The number of nitrogens with one attached hydrogen (secondary N) is 1. The Morgan fingerprint density at radius 1 is 1.28 bits per heavy atom. The molecule has 2 unspecified atom stereocenters. The number of nitrogens with zero attached hydrogens (tertiary/aromatic N) is 1. The SMILES string of the molecule is CCN1CC2CCC(C1)C2NC(=O)OC(C)(C)C. The molecule has 2 rings (SSSR count). The van der Waals surface area contributed by atoms with Gasteiger partial charge in [-0.2, -0.15) is 0 Å². The molecule has 1 aliphatic carbocycles. The summed E-state index contributed by atoms with van der Waals surface area (Å²) in [6, 6.07) is 0.322. The maximum Gasteiger partial charge on any atom is 0.407 e. The first kappa shape index (κ1) is 13.7. The van der Waals surface area contributed by atoms with Crippen molar-refractivity contribution in [3.63, 3.8) is 0 Å². The number of carbonyl (C=O) groups is 1. The standard InChI is InChI=1S/C14H26N2O2/c1-5-16-8-10-6-7-11(9-16)12(10)15-13(17)18-14(2,3)4/h10-12H,5-9H2,1-4H3,(H,15,17). The van der Waals surface area contributed by atoms with Crippen LogP contribution in [0.25, 0.3) is 0 Å². The third-order valence-electron chi connectivity index (χ3n) is 4.04. The molecule has 2 bridgehead atoms. The Balaban J connectivity index is 1.90. The van der Waals surface area contributed by atoms with Crippen molar-refractivity contribution in [3.8, 4) is 0 Å². The van der Waals surface area contributed by atoms with E-state index >= 15 is 0 Å². The number of amides is 1. The summed E-state index contributed by atoms with van der Waals surface area (Å²) in [6.45, 7) is 11.3. The van der Waals surface area contributed by atoms with E-state index < -0.39 is 5.60 Å². The number of alkyl carbamates (subject to hydrolysis) is 1. The van der Waals surface area contributed by atoms with Gasteiger partial charge in [0, 0.05) is 19.1 Å². The number of hydrogen-bond donors (Lipinski definition) is 1. The number of rotatable bonds is 2. The molecule has 1 N–H and O–H groups in total. The number of piperidine rings is 1. The second kappa shape index (κ2) is 5.08. The minimum absolute atomic E-state index is 0.255. The van der Waals surface area contributed by atoms with Gasteiger partial charge in [0.15, 0.2) is 0 Å². The topological polar surface area (TPSA) is 41.6 Å². The zero-order chi connectivity index (χ0) is 13.3. The van der Waals surface area contributed by atoms with Crippen molar-refractivity contribution in [1.29, 1.82) is 0 Å². The maximum atomic E-state index is 11.8. The highest BCUT2D eigenvalue weighted by Crippen LogP contribution is 2.36. The van der Waals surface area contributed by atoms with Crippen molar-refractivity contribution in [2.75, 3.05) is 19.6 Å². The first-order valence-corrected chi connectivity index (χ1v) is 7.11. The molecule has 0 aromatic rings. The summed E-state index contributed by atoms with van der Waals surface area (Å²) in [4.78, 5) is 14.3. The highest BCUT2D eigenvalue weighted by atomic mass is 16.6. The number of carbonyl (C=O) groups excluding carboxylic acids is 1. The van der Waals surface area contributed by atoms with E-state index in [9.17, 15) is 4.79 Å². The van der Waals surface area contributed by atoms with E-state index in [1.807, 2.05) is 20.8 Å². The molecular weight excluding hydrogens is 228 g/mol. The molecular formula is C14H26N2O2. The first-order valence-electron chi connectivity index (χ1n) is 7.11. The van der Waals surface area contributed by atoms with Crippen molar-refractivity contribution in [3.05, 3.63) is 0 Å². The van der Waals surface area contributed by atoms with Crippen molar-refractivity contribution >= 4 is 6.09 Å². The number of fused-ring (bicyclic) bond motifs is 2. The highest BCUT2D eigenvalue weighted by Gasteiger charge is 2.42. The van der Waals surface area contributed by atoms with Gasteiger partial charge in [-0.1, -0.05) is 6.92 Å². The van der Waals surface area contributed by atoms with Gasteiger partial charge in [-0.25, -0.2) is 4.79 Å². The normalized spacial score (nSPS) is 32.3. The fraction of sp³-hybridized carbons (Fsp3) is 0.929. The average Bonchev–Trinajstić information content (AvgIpc) is 2.49. The molecule has 2 aliphatic rings. The van der Waals surface area contributed by atoms with Crippen molar-refractivity contribution < 1.29 is 9.53 Å². The molecule has 0 spiro atoms. The Hall–Kier alpha value is -0.770. The number of ether oxygens (including phenoxy) is 1. The lowest BCUT2D eigenvalue weighted by Crippen LogP contribution is -2.53. The Labute approximate surface area is 110 Å². The summed E-state index contributed by atoms with van der Waals surface area (Å²) in [7, 11) is 0. The van der Waals surface area contributed by atoms with E-state index in [4.69, 9.17) is 4.74 Å². The molecule has 2 fully saturated rings. The van der Waals surface area contributed by atoms with Gasteiger partial charge in [0.05, 0.1) is 0 Å². The van der Waals surface area contributed by atoms with Gasteiger partial charge in [-0.15, -0.1) is 0 Å². The molecule has 0 radical (unpaired) electrons. The second-order valence-electron chi connectivity index (χ2n) is 6.62. The Bertz CT molecular complexity index is 297. The van der Waals surface area contributed by atoms with Gasteiger partial charge in [-0.05, 0) is 52.0 Å². The molecule has 1 saturated carbocycles.